The molecule has 4 rings (SSSR count). The van der Waals surface area contributed by atoms with Gasteiger partial charge in [-0.2, -0.15) is 0 Å². The highest BCUT2D eigenvalue weighted by Crippen LogP contribution is 2.23. The largest absolute Gasteiger partial charge is 0.351 e. The van der Waals surface area contributed by atoms with Crippen LogP contribution >= 0.6 is 0 Å². The zero-order chi connectivity index (χ0) is 29.2. The third-order valence-electron chi connectivity index (χ3n) is 6.34. The second kappa shape index (κ2) is 13.7. The van der Waals surface area contributed by atoms with Crippen LogP contribution in [0.25, 0.3) is 17.2 Å². The predicted octanol–water partition coefficient (Wildman–Crippen LogP) is 3.93. The summed E-state index contributed by atoms with van der Waals surface area (Å²) in [6.45, 7) is 1.31. The van der Waals surface area contributed by atoms with Crippen LogP contribution in [0.2, 0.25) is 0 Å². The molecule has 0 aliphatic carbocycles. The SMILES string of the molecule is NCCNC(=O)c1cccc(-c2cccc(CN(Cc3ccc(S(N)(=O)=O)cc3)C(=O)C=Cc3ccccc3)c2)c1. The predicted molar refractivity (Wildman–Crippen MR) is 161 cm³/mol. The van der Waals surface area contributed by atoms with E-state index in [1.54, 1.807) is 29.2 Å². The van der Waals surface area contributed by atoms with Crippen molar-refractivity contribution in [3.63, 3.8) is 0 Å². The third kappa shape index (κ3) is 8.46. The van der Waals surface area contributed by atoms with Crippen molar-refractivity contribution in [3.8, 4) is 11.1 Å². The molecular formula is C32H32N4O4S. The van der Waals surface area contributed by atoms with Crippen molar-refractivity contribution in [2.75, 3.05) is 13.1 Å². The van der Waals surface area contributed by atoms with E-state index in [-0.39, 0.29) is 23.3 Å². The molecule has 0 aliphatic rings. The summed E-state index contributed by atoms with van der Waals surface area (Å²) in [5.41, 5.74) is 10.4. The van der Waals surface area contributed by atoms with Crippen molar-refractivity contribution >= 4 is 27.9 Å². The van der Waals surface area contributed by atoms with E-state index >= 15 is 0 Å². The minimum atomic E-state index is -3.82. The van der Waals surface area contributed by atoms with E-state index in [1.807, 2.05) is 72.8 Å². The first kappa shape index (κ1) is 29.4. The van der Waals surface area contributed by atoms with E-state index < -0.39 is 10.0 Å². The molecule has 0 saturated carbocycles. The number of nitrogens with one attached hydrogen (secondary N) is 1. The van der Waals surface area contributed by atoms with Gasteiger partial charge in [-0.15, -0.1) is 0 Å². The highest BCUT2D eigenvalue weighted by Gasteiger charge is 2.15. The number of sulfonamides is 1. The van der Waals surface area contributed by atoms with Crippen molar-refractivity contribution in [1.82, 2.24) is 10.2 Å². The molecule has 0 saturated heterocycles. The van der Waals surface area contributed by atoms with Gasteiger partial charge < -0.3 is 16.0 Å². The first-order valence-electron chi connectivity index (χ1n) is 13.0. The molecule has 0 aliphatic heterocycles. The number of benzene rings is 4. The molecule has 0 fully saturated rings. The van der Waals surface area contributed by atoms with Gasteiger partial charge in [-0.1, -0.05) is 72.8 Å². The highest BCUT2D eigenvalue weighted by atomic mass is 32.2. The summed E-state index contributed by atoms with van der Waals surface area (Å²) in [6, 6.07) is 30.8. The molecule has 0 aromatic heterocycles. The highest BCUT2D eigenvalue weighted by molar-refractivity contribution is 7.89. The number of rotatable bonds is 11. The van der Waals surface area contributed by atoms with Gasteiger partial charge in [-0.25, -0.2) is 13.6 Å². The van der Waals surface area contributed by atoms with Gasteiger partial charge in [-0.3, -0.25) is 9.59 Å². The summed E-state index contributed by atoms with van der Waals surface area (Å²) in [4.78, 5) is 27.5. The van der Waals surface area contributed by atoms with Crippen LogP contribution in [0.4, 0.5) is 0 Å². The maximum Gasteiger partial charge on any atom is 0.251 e. The molecule has 0 spiro atoms. The zero-order valence-electron chi connectivity index (χ0n) is 22.4. The summed E-state index contributed by atoms with van der Waals surface area (Å²) in [5.74, 6) is -0.391. The van der Waals surface area contributed by atoms with Crippen LogP contribution in [0.15, 0.2) is 114 Å². The van der Waals surface area contributed by atoms with Gasteiger partial charge >= 0.3 is 0 Å². The molecule has 4 aromatic rings. The molecule has 0 bridgehead atoms. The quantitative estimate of drug-likeness (QED) is 0.236. The average molecular weight is 569 g/mol. The number of hydrogen-bond donors (Lipinski definition) is 3. The lowest BCUT2D eigenvalue weighted by Gasteiger charge is -2.22. The van der Waals surface area contributed by atoms with Crippen molar-refractivity contribution in [3.05, 3.63) is 131 Å². The Bertz CT molecular complexity index is 1640. The van der Waals surface area contributed by atoms with Crippen LogP contribution in [0.1, 0.15) is 27.0 Å². The van der Waals surface area contributed by atoms with E-state index in [0.29, 0.717) is 25.2 Å². The minimum absolute atomic E-state index is 0.00902. The second-order valence-electron chi connectivity index (χ2n) is 9.45. The first-order chi connectivity index (χ1) is 19.7. The van der Waals surface area contributed by atoms with Crippen molar-refractivity contribution in [1.29, 1.82) is 0 Å². The maximum atomic E-state index is 13.4. The number of carbonyl (C=O) groups excluding carboxylic acids is 2. The molecule has 0 atom stereocenters. The van der Waals surface area contributed by atoms with Gasteiger partial charge in [0.15, 0.2) is 0 Å². The molecule has 4 aromatic carbocycles. The Morgan fingerprint density at radius 2 is 1.44 bits per heavy atom. The number of nitrogens with zero attached hydrogens (tertiary/aromatic N) is 1. The Morgan fingerprint density at radius 3 is 2.12 bits per heavy atom. The van der Waals surface area contributed by atoms with E-state index in [1.165, 1.54) is 18.2 Å². The molecule has 9 heteroatoms. The van der Waals surface area contributed by atoms with E-state index in [0.717, 1.165) is 27.8 Å². The fourth-order valence-electron chi connectivity index (χ4n) is 4.25. The van der Waals surface area contributed by atoms with Crippen molar-refractivity contribution < 1.29 is 18.0 Å². The lowest BCUT2D eigenvalue weighted by molar-refractivity contribution is -0.127. The Hall–Kier alpha value is -4.57. The Morgan fingerprint density at radius 1 is 0.780 bits per heavy atom. The van der Waals surface area contributed by atoms with E-state index in [4.69, 9.17) is 10.9 Å². The number of primary sulfonamides is 1. The zero-order valence-corrected chi connectivity index (χ0v) is 23.3. The van der Waals surface area contributed by atoms with E-state index in [9.17, 15) is 18.0 Å². The summed E-state index contributed by atoms with van der Waals surface area (Å²) in [6.07, 6.45) is 3.29. The smallest absolute Gasteiger partial charge is 0.251 e. The number of hydrogen-bond acceptors (Lipinski definition) is 5. The average Bonchev–Trinajstić information content (AvgIpc) is 2.99. The molecule has 8 nitrogen and oxygen atoms in total. The number of amides is 2. The normalized spacial score (nSPS) is 11.4. The van der Waals surface area contributed by atoms with Gasteiger partial charge in [0.25, 0.3) is 5.91 Å². The Balaban J connectivity index is 1.59. The topological polar surface area (TPSA) is 136 Å². The minimum Gasteiger partial charge on any atom is -0.351 e. The third-order valence-corrected chi connectivity index (χ3v) is 7.27. The second-order valence-corrected chi connectivity index (χ2v) is 11.0. The van der Waals surface area contributed by atoms with Gasteiger partial charge in [0.2, 0.25) is 15.9 Å². The fraction of sp³-hybridized carbons (Fsp3) is 0.125. The molecule has 2 amide bonds. The van der Waals surface area contributed by atoms with E-state index in [2.05, 4.69) is 5.32 Å². The first-order valence-corrected chi connectivity index (χ1v) is 14.6. The Labute approximate surface area is 240 Å². The summed E-state index contributed by atoms with van der Waals surface area (Å²) in [5, 5.41) is 8.01. The molecular weight excluding hydrogens is 536 g/mol. The van der Waals surface area contributed by atoms with Crippen LogP contribution in [0, 0.1) is 0 Å². The Kier molecular flexibility index (Phi) is 9.81. The summed E-state index contributed by atoms with van der Waals surface area (Å²) >= 11 is 0. The molecule has 41 heavy (non-hydrogen) atoms. The van der Waals surface area contributed by atoms with Crippen LogP contribution in [0.3, 0.4) is 0 Å². The molecule has 5 N–H and O–H groups in total. The van der Waals surface area contributed by atoms with Crippen molar-refractivity contribution in [2.45, 2.75) is 18.0 Å². The fourth-order valence-corrected chi connectivity index (χ4v) is 4.77. The van der Waals surface area contributed by atoms with Crippen LogP contribution < -0.4 is 16.2 Å². The van der Waals surface area contributed by atoms with Crippen molar-refractivity contribution in [2.24, 2.45) is 10.9 Å². The molecule has 0 unspecified atom stereocenters. The number of nitrogens with two attached hydrogens (primary N) is 2. The summed E-state index contributed by atoms with van der Waals surface area (Å²) < 4.78 is 23.3. The van der Waals surface area contributed by atoms with Crippen LogP contribution in [-0.4, -0.2) is 38.2 Å². The van der Waals surface area contributed by atoms with Gasteiger partial charge in [0, 0.05) is 37.8 Å². The molecule has 0 radical (unpaired) electrons. The standard InChI is InChI=1S/C32H32N4O4S/c33-18-19-35-32(38)29-11-5-10-28(21-29)27-9-4-8-26(20-27)23-36(31(37)17-14-24-6-2-1-3-7-24)22-25-12-15-30(16-13-25)41(34,39)40/h1-17,20-21H,18-19,22-23,33H2,(H,35,38)(H2,34,39,40). The monoisotopic (exact) mass is 568 g/mol. The molecule has 210 valence electrons. The van der Waals surface area contributed by atoms with Crippen LogP contribution in [-0.2, 0) is 27.9 Å². The van der Waals surface area contributed by atoms with Gasteiger partial charge in [0.1, 0.15) is 0 Å². The van der Waals surface area contributed by atoms with Gasteiger partial charge in [0.05, 0.1) is 4.90 Å². The molecule has 0 heterocycles. The maximum absolute atomic E-state index is 13.4. The number of carbonyl (C=O) groups is 2. The summed E-state index contributed by atoms with van der Waals surface area (Å²) in [7, 11) is -3.82. The van der Waals surface area contributed by atoms with Crippen LogP contribution in [0.5, 0.6) is 0 Å². The van der Waals surface area contributed by atoms with Gasteiger partial charge in [-0.05, 0) is 64.2 Å². The lowest BCUT2D eigenvalue weighted by atomic mass is 10.0. The lowest BCUT2D eigenvalue weighted by Crippen LogP contribution is -2.29.